The van der Waals surface area contributed by atoms with Crippen LogP contribution in [0.1, 0.15) is 26.2 Å². The zero-order valence-electron chi connectivity index (χ0n) is 8.27. The summed E-state index contributed by atoms with van der Waals surface area (Å²) in [5.41, 5.74) is 0. The molecule has 1 fully saturated rings. The van der Waals surface area contributed by atoms with Gasteiger partial charge in [0, 0.05) is 0 Å². The van der Waals surface area contributed by atoms with Crippen LogP contribution in [0, 0.1) is 0 Å². The lowest BCUT2D eigenvalue weighted by Gasteiger charge is -2.08. The molecule has 6 heteroatoms. The lowest BCUT2D eigenvalue weighted by molar-refractivity contribution is 0.579. The maximum atomic E-state index is 11.6. The number of hydrogen-bond donors (Lipinski definition) is 0. The quantitative estimate of drug-likeness (QED) is 0.713. The van der Waals surface area contributed by atoms with Crippen molar-refractivity contribution in [1.82, 2.24) is 0 Å². The minimum atomic E-state index is -3.17. The fourth-order valence-electron chi connectivity index (χ4n) is 1.56. The van der Waals surface area contributed by atoms with Gasteiger partial charge in [0.25, 0.3) is 0 Å². The first-order valence-corrected chi connectivity index (χ1v) is 8.33. The Kier molecular flexibility index (Phi) is 3.58. The summed E-state index contributed by atoms with van der Waals surface area (Å²) in [6.07, 6.45) is 1.73. The molecule has 0 spiro atoms. The average molecular weight is 240 g/mol. The van der Waals surface area contributed by atoms with E-state index in [1.807, 2.05) is 6.92 Å². The summed E-state index contributed by atoms with van der Waals surface area (Å²) in [4.78, 5) is 0. The minimum absolute atomic E-state index is 0.0308. The molecule has 0 aromatic carbocycles. The van der Waals surface area contributed by atoms with E-state index >= 15 is 0 Å². The van der Waals surface area contributed by atoms with Crippen LogP contribution in [0.3, 0.4) is 0 Å². The lowest BCUT2D eigenvalue weighted by atomic mass is 10.4. The van der Waals surface area contributed by atoms with Crippen LogP contribution in [0.25, 0.3) is 0 Å². The van der Waals surface area contributed by atoms with Gasteiger partial charge >= 0.3 is 0 Å². The molecule has 0 unspecified atom stereocenters. The minimum Gasteiger partial charge on any atom is -0.229 e. The van der Waals surface area contributed by atoms with Crippen LogP contribution in [0.15, 0.2) is 0 Å². The smallest absolute Gasteiger partial charge is 0.154 e. The van der Waals surface area contributed by atoms with Crippen LogP contribution in [0.2, 0.25) is 0 Å². The van der Waals surface area contributed by atoms with Crippen LogP contribution in [-0.4, -0.2) is 39.3 Å². The Morgan fingerprint density at radius 1 is 1.36 bits per heavy atom. The zero-order valence-corrected chi connectivity index (χ0v) is 9.90. The molecule has 0 aromatic heterocycles. The molecule has 0 N–H and O–H groups in total. The standard InChI is InChI=1S/C8H16O4S2/c1-2-3-5-14(11,12)8-4-6-13(9,10)7-8/h8H,2-7H2,1H3/t8-/m1/s1. The highest BCUT2D eigenvalue weighted by molar-refractivity contribution is 7.96. The van der Waals surface area contributed by atoms with E-state index in [4.69, 9.17) is 0 Å². The van der Waals surface area contributed by atoms with Gasteiger partial charge in [0.1, 0.15) is 0 Å². The first-order chi connectivity index (χ1) is 6.37. The van der Waals surface area contributed by atoms with E-state index in [-0.39, 0.29) is 23.7 Å². The second-order valence-electron chi connectivity index (χ2n) is 3.75. The SMILES string of the molecule is CCCCS(=O)(=O)[C@@H]1CCS(=O)(=O)C1. The van der Waals surface area contributed by atoms with Gasteiger partial charge in [-0.1, -0.05) is 13.3 Å². The summed E-state index contributed by atoms with van der Waals surface area (Å²) in [7, 11) is -6.26. The van der Waals surface area contributed by atoms with Crippen LogP contribution in [0.4, 0.5) is 0 Å². The van der Waals surface area contributed by atoms with Crippen LogP contribution in [-0.2, 0) is 19.7 Å². The number of sulfone groups is 2. The Morgan fingerprint density at radius 2 is 2.00 bits per heavy atom. The van der Waals surface area contributed by atoms with Gasteiger partial charge in [-0.25, -0.2) is 16.8 Å². The monoisotopic (exact) mass is 240 g/mol. The van der Waals surface area contributed by atoms with Crippen molar-refractivity contribution in [3.05, 3.63) is 0 Å². The Morgan fingerprint density at radius 3 is 2.43 bits per heavy atom. The van der Waals surface area contributed by atoms with E-state index in [1.165, 1.54) is 0 Å². The van der Waals surface area contributed by atoms with Gasteiger partial charge in [-0.15, -0.1) is 0 Å². The van der Waals surface area contributed by atoms with Crippen LogP contribution >= 0.6 is 0 Å². The maximum absolute atomic E-state index is 11.6. The molecule has 0 radical (unpaired) electrons. The summed E-state index contributed by atoms with van der Waals surface area (Å²) in [6.45, 7) is 1.92. The molecule has 1 aliphatic rings. The average Bonchev–Trinajstić information content (AvgIpc) is 2.43. The maximum Gasteiger partial charge on any atom is 0.154 e. The van der Waals surface area contributed by atoms with E-state index in [0.717, 1.165) is 6.42 Å². The number of unbranched alkanes of at least 4 members (excludes halogenated alkanes) is 1. The van der Waals surface area contributed by atoms with Crippen molar-refractivity contribution in [1.29, 1.82) is 0 Å². The number of hydrogen-bond acceptors (Lipinski definition) is 4. The molecule has 1 rings (SSSR count). The molecule has 0 amide bonds. The molecular formula is C8H16O4S2. The van der Waals surface area contributed by atoms with E-state index in [1.54, 1.807) is 0 Å². The Bertz CT molecular complexity index is 380. The fourth-order valence-corrected chi connectivity index (χ4v) is 6.20. The summed E-state index contributed by atoms with van der Waals surface area (Å²) in [6, 6.07) is 0. The highest BCUT2D eigenvalue weighted by atomic mass is 32.2. The predicted molar refractivity (Wildman–Crippen MR) is 55.8 cm³/mol. The zero-order chi connectivity index (χ0) is 10.8. The van der Waals surface area contributed by atoms with Crippen molar-refractivity contribution in [3.8, 4) is 0 Å². The normalized spacial score (nSPS) is 26.5. The molecule has 0 bridgehead atoms. The van der Waals surface area contributed by atoms with E-state index < -0.39 is 24.9 Å². The highest BCUT2D eigenvalue weighted by Gasteiger charge is 2.36. The summed E-state index contributed by atoms with van der Waals surface area (Å²) in [5.74, 6) is -0.00818. The van der Waals surface area contributed by atoms with Crippen LogP contribution in [0.5, 0.6) is 0 Å². The predicted octanol–water partition coefficient (Wildman–Crippen LogP) is 0.388. The second-order valence-corrected chi connectivity index (χ2v) is 8.37. The second kappa shape index (κ2) is 4.18. The van der Waals surface area contributed by atoms with Crippen molar-refractivity contribution in [2.75, 3.05) is 17.3 Å². The van der Waals surface area contributed by atoms with Gasteiger partial charge in [-0.3, -0.25) is 0 Å². The van der Waals surface area contributed by atoms with Gasteiger partial charge in [0.15, 0.2) is 19.7 Å². The number of rotatable bonds is 4. The van der Waals surface area contributed by atoms with Crippen molar-refractivity contribution in [3.63, 3.8) is 0 Å². The molecule has 4 nitrogen and oxygen atoms in total. The molecule has 0 aliphatic carbocycles. The topological polar surface area (TPSA) is 68.3 Å². The Labute approximate surface area is 85.5 Å². The Balaban J connectivity index is 2.67. The molecule has 0 aromatic rings. The lowest BCUT2D eigenvalue weighted by Crippen LogP contribution is -2.25. The highest BCUT2D eigenvalue weighted by Crippen LogP contribution is 2.20. The van der Waals surface area contributed by atoms with E-state index in [2.05, 4.69) is 0 Å². The molecule has 1 atom stereocenters. The first kappa shape index (κ1) is 12.0. The fraction of sp³-hybridized carbons (Fsp3) is 1.00. The van der Waals surface area contributed by atoms with Gasteiger partial charge in [-0.05, 0) is 12.8 Å². The van der Waals surface area contributed by atoms with E-state index in [9.17, 15) is 16.8 Å². The molecule has 14 heavy (non-hydrogen) atoms. The molecule has 1 aliphatic heterocycles. The van der Waals surface area contributed by atoms with Gasteiger partial charge in [-0.2, -0.15) is 0 Å². The first-order valence-electron chi connectivity index (χ1n) is 4.79. The van der Waals surface area contributed by atoms with Crippen molar-refractivity contribution in [2.45, 2.75) is 31.4 Å². The van der Waals surface area contributed by atoms with Crippen molar-refractivity contribution in [2.24, 2.45) is 0 Å². The van der Waals surface area contributed by atoms with Gasteiger partial charge in [0.05, 0.1) is 22.5 Å². The molecule has 84 valence electrons. The third-order valence-corrected chi connectivity index (χ3v) is 6.74. The van der Waals surface area contributed by atoms with Crippen molar-refractivity contribution >= 4 is 19.7 Å². The summed E-state index contributed by atoms with van der Waals surface area (Å²) in [5, 5.41) is -0.640. The third-order valence-electron chi connectivity index (χ3n) is 2.48. The molecular weight excluding hydrogens is 224 g/mol. The largest absolute Gasteiger partial charge is 0.229 e. The summed E-state index contributed by atoms with van der Waals surface area (Å²) >= 11 is 0. The molecule has 1 heterocycles. The summed E-state index contributed by atoms with van der Waals surface area (Å²) < 4.78 is 45.4. The Hall–Kier alpha value is -0.100. The van der Waals surface area contributed by atoms with Crippen molar-refractivity contribution < 1.29 is 16.8 Å². The van der Waals surface area contributed by atoms with Gasteiger partial charge < -0.3 is 0 Å². The molecule has 1 saturated heterocycles. The van der Waals surface area contributed by atoms with Crippen LogP contribution < -0.4 is 0 Å². The third kappa shape index (κ3) is 2.95. The van der Waals surface area contributed by atoms with E-state index in [0.29, 0.717) is 6.42 Å². The van der Waals surface area contributed by atoms with Gasteiger partial charge in [0.2, 0.25) is 0 Å². The molecule has 0 saturated carbocycles.